The molecule has 0 saturated heterocycles. The van der Waals surface area contributed by atoms with E-state index in [0.29, 0.717) is 38.3 Å². The lowest BCUT2D eigenvalue weighted by Gasteiger charge is -2.22. The fraction of sp³-hybridized carbons (Fsp3) is 0.304. The Balaban J connectivity index is 1.70. The Bertz CT molecular complexity index is 1120. The van der Waals surface area contributed by atoms with Crippen molar-refractivity contribution in [3.63, 3.8) is 0 Å². The fourth-order valence-corrected chi connectivity index (χ4v) is 4.48. The average Bonchev–Trinajstić information content (AvgIpc) is 3.21. The number of carbonyl (C=O) groups excluding carboxylic acids is 2. The number of aromatic nitrogens is 3. The Morgan fingerprint density at radius 1 is 1.15 bits per heavy atom. The van der Waals surface area contributed by atoms with Gasteiger partial charge in [-0.1, -0.05) is 55.4 Å². The Morgan fingerprint density at radius 2 is 1.88 bits per heavy atom. The highest BCUT2D eigenvalue weighted by Gasteiger charge is 2.26. The van der Waals surface area contributed by atoms with Crippen LogP contribution in [0.15, 0.2) is 58.2 Å². The Morgan fingerprint density at radius 3 is 2.52 bits per heavy atom. The Hall–Kier alpha value is -2.36. The topological polar surface area (TPSA) is 88.9 Å². The summed E-state index contributed by atoms with van der Waals surface area (Å²) in [6.07, 6.45) is 0. The lowest BCUT2D eigenvalue weighted by atomic mass is 10.0. The van der Waals surface area contributed by atoms with E-state index in [2.05, 4.69) is 36.8 Å². The number of nitrogens with zero attached hydrogens (tertiary/aromatic N) is 3. The van der Waals surface area contributed by atoms with Gasteiger partial charge in [-0.2, -0.15) is 0 Å². The third kappa shape index (κ3) is 6.59. The van der Waals surface area contributed by atoms with Gasteiger partial charge in [0.2, 0.25) is 5.91 Å². The summed E-state index contributed by atoms with van der Waals surface area (Å²) in [6, 6.07) is 14.0. The number of anilines is 1. The van der Waals surface area contributed by atoms with E-state index >= 15 is 0 Å². The largest absolute Gasteiger partial charge is 0.342 e. The highest BCUT2D eigenvalue weighted by atomic mass is 79.9. The normalized spacial score (nSPS) is 11.9. The van der Waals surface area contributed by atoms with Gasteiger partial charge in [-0.3, -0.25) is 9.59 Å². The number of hydrogen-bond acceptors (Lipinski definition) is 5. The van der Waals surface area contributed by atoms with E-state index in [-0.39, 0.29) is 29.5 Å². The lowest BCUT2D eigenvalue weighted by molar-refractivity contribution is -0.113. The van der Waals surface area contributed by atoms with Crippen LogP contribution < -0.4 is 10.6 Å². The summed E-state index contributed by atoms with van der Waals surface area (Å²) in [7, 11) is 0. The minimum atomic E-state index is -0.320. The van der Waals surface area contributed by atoms with Crippen LogP contribution in [0.1, 0.15) is 43.0 Å². The van der Waals surface area contributed by atoms with E-state index < -0.39 is 0 Å². The maximum Gasteiger partial charge on any atom is 0.251 e. The maximum absolute atomic E-state index is 12.7. The molecule has 3 rings (SSSR count). The molecule has 0 bridgehead atoms. The van der Waals surface area contributed by atoms with Crippen molar-refractivity contribution < 1.29 is 9.59 Å². The molecule has 0 aliphatic carbocycles. The Kier molecular flexibility index (Phi) is 8.94. The molecule has 0 radical (unpaired) electrons. The minimum absolute atomic E-state index is 0.0941. The van der Waals surface area contributed by atoms with Gasteiger partial charge in [0.25, 0.3) is 5.91 Å². The second-order valence-corrected chi connectivity index (χ2v) is 9.82. The maximum atomic E-state index is 12.7. The van der Waals surface area contributed by atoms with Crippen molar-refractivity contribution in [3.8, 4) is 0 Å². The highest BCUT2D eigenvalue weighted by molar-refractivity contribution is 9.10. The van der Waals surface area contributed by atoms with Crippen LogP contribution in [-0.2, 0) is 11.3 Å². The van der Waals surface area contributed by atoms with Gasteiger partial charge in [-0.15, -0.1) is 10.2 Å². The van der Waals surface area contributed by atoms with Crippen molar-refractivity contribution >= 4 is 56.8 Å². The van der Waals surface area contributed by atoms with Crippen LogP contribution in [0.4, 0.5) is 5.69 Å². The lowest BCUT2D eigenvalue weighted by Crippen LogP contribution is -2.33. The highest BCUT2D eigenvalue weighted by Crippen LogP contribution is 2.27. The van der Waals surface area contributed by atoms with Crippen molar-refractivity contribution in [2.75, 3.05) is 11.1 Å². The van der Waals surface area contributed by atoms with Gasteiger partial charge in [0.1, 0.15) is 0 Å². The molecule has 2 N–H and O–H groups in total. The number of halogens is 2. The molecule has 0 saturated carbocycles. The van der Waals surface area contributed by atoms with E-state index in [9.17, 15) is 9.59 Å². The van der Waals surface area contributed by atoms with E-state index in [1.807, 2.05) is 43.5 Å². The first-order valence-electron chi connectivity index (χ1n) is 10.5. The molecule has 33 heavy (non-hydrogen) atoms. The van der Waals surface area contributed by atoms with Crippen LogP contribution in [0.3, 0.4) is 0 Å². The van der Waals surface area contributed by atoms with Crippen LogP contribution in [0.25, 0.3) is 0 Å². The second kappa shape index (κ2) is 11.7. The molecular weight excluding hydrogens is 526 g/mol. The van der Waals surface area contributed by atoms with E-state index in [1.54, 1.807) is 30.3 Å². The third-order valence-electron chi connectivity index (χ3n) is 4.86. The minimum Gasteiger partial charge on any atom is -0.342 e. The van der Waals surface area contributed by atoms with Crippen LogP contribution in [0.2, 0.25) is 5.02 Å². The first-order valence-corrected chi connectivity index (χ1v) is 12.6. The standard InChI is InChI=1S/C23H25BrClN5O2S/c1-4-30-21(20(14(2)3)27-22(32)15-8-6-5-7-9-15)28-29-23(30)33-13-19(31)26-16-10-11-18(25)17(24)12-16/h5-12,14,20H,4,13H2,1-3H3,(H,26,31)(H,27,32)/t20-/m1/s1. The number of hydrogen-bond donors (Lipinski definition) is 2. The molecule has 1 atom stereocenters. The summed E-state index contributed by atoms with van der Waals surface area (Å²) in [4.78, 5) is 25.2. The molecule has 0 aliphatic heterocycles. The number of rotatable bonds is 9. The molecule has 10 heteroatoms. The van der Waals surface area contributed by atoms with Gasteiger partial charge in [-0.25, -0.2) is 0 Å². The van der Waals surface area contributed by atoms with Crippen LogP contribution in [-0.4, -0.2) is 32.3 Å². The molecule has 0 aliphatic rings. The summed E-state index contributed by atoms with van der Waals surface area (Å²) in [5.74, 6) is 0.598. The molecular formula is C23H25BrClN5O2S. The van der Waals surface area contributed by atoms with Gasteiger partial charge in [0.15, 0.2) is 11.0 Å². The molecule has 3 aromatic rings. The van der Waals surface area contributed by atoms with Crippen molar-refractivity contribution in [1.82, 2.24) is 20.1 Å². The number of carbonyl (C=O) groups is 2. The van der Waals surface area contributed by atoms with Crippen LogP contribution in [0.5, 0.6) is 0 Å². The molecule has 1 heterocycles. The summed E-state index contributed by atoms with van der Waals surface area (Å²) in [6.45, 7) is 6.64. The average molecular weight is 551 g/mol. The second-order valence-electron chi connectivity index (χ2n) is 7.61. The molecule has 0 unspecified atom stereocenters. The number of benzene rings is 2. The first-order chi connectivity index (χ1) is 15.8. The van der Waals surface area contributed by atoms with Gasteiger partial charge >= 0.3 is 0 Å². The predicted octanol–water partition coefficient (Wildman–Crippen LogP) is 5.57. The zero-order valence-electron chi connectivity index (χ0n) is 18.5. The molecule has 0 fully saturated rings. The van der Waals surface area contributed by atoms with E-state index in [0.717, 1.165) is 0 Å². The quantitative estimate of drug-likeness (QED) is 0.340. The van der Waals surface area contributed by atoms with Crippen molar-refractivity contribution in [1.29, 1.82) is 0 Å². The Labute approximate surface area is 210 Å². The van der Waals surface area contributed by atoms with Gasteiger partial charge in [0, 0.05) is 22.3 Å². The third-order valence-corrected chi connectivity index (χ3v) is 7.05. The molecule has 0 spiro atoms. The summed E-state index contributed by atoms with van der Waals surface area (Å²) < 4.78 is 2.65. The van der Waals surface area contributed by atoms with E-state index in [1.165, 1.54) is 11.8 Å². The van der Waals surface area contributed by atoms with Crippen LogP contribution >= 0.6 is 39.3 Å². The number of nitrogens with one attached hydrogen (secondary N) is 2. The van der Waals surface area contributed by atoms with Crippen molar-refractivity contribution in [2.24, 2.45) is 5.92 Å². The van der Waals surface area contributed by atoms with Gasteiger partial charge in [0.05, 0.1) is 16.8 Å². The number of thioether (sulfide) groups is 1. The summed E-state index contributed by atoms with van der Waals surface area (Å²) in [5.41, 5.74) is 1.24. The molecule has 2 aromatic carbocycles. The van der Waals surface area contributed by atoms with Crippen molar-refractivity contribution in [3.05, 3.63) is 69.4 Å². The number of amides is 2. The molecule has 2 amide bonds. The first kappa shape index (κ1) is 25.3. The van der Waals surface area contributed by atoms with Crippen LogP contribution in [0, 0.1) is 5.92 Å². The summed E-state index contributed by atoms with van der Waals surface area (Å²) in [5, 5.41) is 15.8. The van der Waals surface area contributed by atoms with E-state index in [4.69, 9.17) is 11.6 Å². The molecule has 174 valence electrons. The fourth-order valence-electron chi connectivity index (χ4n) is 3.18. The molecule has 7 nitrogen and oxygen atoms in total. The summed E-state index contributed by atoms with van der Waals surface area (Å²) >= 11 is 10.6. The van der Waals surface area contributed by atoms with Gasteiger partial charge in [-0.05, 0) is 59.1 Å². The van der Waals surface area contributed by atoms with Gasteiger partial charge < -0.3 is 15.2 Å². The smallest absolute Gasteiger partial charge is 0.251 e. The zero-order valence-corrected chi connectivity index (χ0v) is 21.7. The predicted molar refractivity (Wildman–Crippen MR) is 136 cm³/mol. The van der Waals surface area contributed by atoms with Crippen molar-refractivity contribution in [2.45, 2.75) is 38.5 Å². The monoisotopic (exact) mass is 549 g/mol. The SMILES string of the molecule is CCn1c(SCC(=O)Nc2ccc(Cl)c(Br)c2)nnc1[C@H](NC(=O)c1ccccc1)C(C)C. The zero-order chi connectivity index (χ0) is 24.0. The molecule has 1 aromatic heterocycles.